The Morgan fingerprint density at radius 1 is 1.26 bits per heavy atom. The van der Waals surface area contributed by atoms with Gasteiger partial charge in [0.1, 0.15) is 23.6 Å². The van der Waals surface area contributed by atoms with E-state index >= 15 is 0 Å². The highest BCUT2D eigenvalue weighted by molar-refractivity contribution is 5.96. The summed E-state index contributed by atoms with van der Waals surface area (Å²) in [4.78, 5) is 22.9. The van der Waals surface area contributed by atoms with E-state index in [2.05, 4.69) is 5.32 Å². The van der Waals surface area contributed by atoms with E-state index in [-0.39, 0.29) is 29.2 Å². The number of ether oxygens (including phenoxy) is 1. The van der Waals surface area contributed by atoms with Crippen LogP contribution in [0.15, 0.2) is 18.2 Å². The summed E-state index contributed by atoms with van der Waals surface area (Å²) in [5.41, 5.74) is -0.360. The Kier molecular flexibility index (Phi) is 6.12. The molecule has 2 unspecified atom stereocenters. The van der Waals surface area contributed by atoms with Crippen LogP contribution >= 0.6 is 0 Å². The van der Waals surface area contributed by atoms with Gasteiger partial charge in [-0.15, -0.1) is 0 Å². The summed E-state index contributed by atoms with van der Waals surface area (Å²) in [5.74, 6) is -0.562. The van der Waals surface area contributed by atoms with Gasteiger partial charge in [-0.05, 0) is 45.4 Å². The molecule has 1 amide bonds. The van der Waals surface area contributed by atoms with Crippen molar-refractivity contribution in [2.24, 2.45) is 0 Å². The van der Waals surface area contributed by atoms with Gasteiger partial charge in [-0.3, -0.25) is 4.79 Å². The first kappa shape index (κ1) is 18.9. The van der Waals surface area contributed by atoms with Crippen LogP contribution in [0.1, 0.15) is 49.7 Å². The third-order valence-corrected chi connectivity index (χ3v) is 2.96. The lowest BCUT2D eigenvalue weighted by Gasteiger charge is -2.22. The standard InChI is InChI=1S/C16H23NO6/c1-9(18)11-7-10(5-6-12(11)19)14(21)13(20)8-17-15(22)23-16(2,3)4/h5-7,13-14,19-21H,8H2,1-4H3,(H,17,22). The molecule has 0 radical (unpaired) electrons. The molecule has 0 saturated carbocycles. The number of phenolic OH excluding ortho intramolecular Hbond substituents is 1. The number of aliphatic hydroxyl groups is 2. The summed E-state index contributed by atoms with van der Waals surface area (Å²) < 4.78 is 5.02. The molecule has 0 bridgehead atoms. The zero-order valence-corrected chi connectivity index (χ0v) is 13.7. The molecular weight excluding hydrogens is 302 g/mol. The van der Waals surface area contributed by atoms with Crippen molar-refractivity contribution in [3.05, 3.63) is 29.3 Å². The lowest BCUT2D eigenvalue weighted by atomic mass is 10.00. The minimum atomic E-state index is -1.33. The van der Waals surface area contributed by atoms with E-state index in [1.165, 1.54) is 25.1 Å². The van der Waals surface area contributed by atoms with E-state index < -0.39 is 23.9 Å². The number of phenols is 1. The number of amides is 1. The molecule has 0 spiro atoms. The summed E-state index contributed by atoms with van der Waals surface area (Å²) in [6.07, 6.45) is -3.34. The Balaban J connectivity index is 2.70. The maximum atomic E-state index is 11.5. The van der Waals surface area contributed by atoms with Gasteiger partial charge < -0.3 is 25.4 Å². The zero-order chi connectivity index (χ0) is 17.8. The van der Waals surface area contributed by atoms with Gasteiger partial charge in [-0.25, -0.2) is 4.79 Å². The van der Waals surface area contributed by atoms with Gasteiger partial charge in [-0.1, -0.05) is 6.07 Å². The maximum absolute atomic E-state index is 11.5. The normalized spacial score (nSPS) is 14.0. The fourth-order valence-electron chi connectivity index (χ4n) is 1.86. The first-order valence-electron chi connectivity index (χ1n) is 7.18. The van der Waals surface area contributed by atoms with Crippen LogP contribution in [0.4, 0.5) is 4.79 Å². The SMILES string of the molecule is CC(=O)c1cc(C(O)C(O)CNC(=O)OC(C)(C)C)ccc1O. The average Bonchev–Trinajstić information content (AvgIpc) is 2.42. The number of hydrogen-bond donors (Lipinski definition) is 4. The molecule has 128 valence electrons. The van der Waals surface area contributed by atoms with Crippen LogP contribution < -0.4 is 5.32 Å². The molecule has 0 aliphatic heterocycles. The smallest absolute Gasteiger partial charge is 0.407 e. The van der Waals surface area contributed by atoms with Crippen LogP contribution in [-0.4, -0.2) is 45.4 Å². The Hall–Kier alpha value is -2.12. The van der Waals surface area contributed by atoms with Crippen molar-refractivity contribution in [3.63, 3.8) is 0 Å². The molecule has 0 aromatic heterocycles. The Bertz CT molecular complexity index is 578. The molecule has 23 heavy (non-hydrogen) atoms. The molecular formula is C16H23NO6. The van der Waals surface area contributed by atoms with Gasteiger partial charge in [0, 0.05) is 6.54 Å². The molecule has 1 rings (SSSR count). The van der Waals surface area contributed by atoms with E-state index in [9.17, 15) is 24.9 Å². The number of Topliss-reactive ketones (excluding diaryl/α,β-unsaturated/α-hetero) is 1. The molecule has 0 aliphatic rings. The van der Waals surface area contributed by atoms with E-state index in [0.29, 0.717) is 0 Å². The first-order valence-corrected chi connectivity index (χ1v) is 7.18. The predicted octanol–water partition coefficient (Wildman–Crippen LogP) is 1.51. The number of nitrogens with one attached hydrogen (secondary N) is 1. The third kappa shape index (κ3) is 5.88. The highest BCUT2D eigenvalue weighted by atomic mass is 16.6. The number of carbonyl (C=O) groups is 2. The number of benzene rings is 1. The van der Waals surface area contributed by atoms with E-state index in [4.69, 9.17) is 4.74 Å². The lowest BCUT2D eigenvalue weighted by Crippen LogP contribution is -2.38. The second-order valence-corrected chi connectivity index (χ2v) is 6.23. The molecule has 7 heteroatoms. The molecule has 0 aliphatic carbocycles. The third-order valence-electron chi connectivity index (χ3n) is 2.96. The quantitative estimate of drug-likeness (QED) is 0.610. The zero-order valence-electron chi connectivity index (χ0n) is 13.7. The Morgan fingerprint density at radius 3 is 2.39 bits per heavy atom. The van der Waals surface area contributed by atoms with Crippen molar-refractivity contribution in [2.45, 2.75) is 45.5 Å². The molecule has 1 aromatic rings. The number of aliphatic hydroxyl groups excluding tert-OH is 2. The Morgan fingerprint density at radius 2 is 1.87 bits per heavy atom. The average molecular weight is 325 g/mol. The minimum absolute atomic E-state index is 0.0499. The van der Waals surface area contributed by atoms with Crippen molar-refractivity contribution in [1.82, 2.24) is 5.32 Å². The van der Waals surface area contributed by atoms with Gasteiger partial charge in [-0.2, -0.15) is 0 Å². The van der Waals surface area contributed by atoms with Crippen molar-refractivity contribution < 1.29 is 29.6 Å². The van der Waals surface area contributed by atoms with Crippen molar-refractivity contribution in [3.8, 4) is 5.75 Å². The fourth-order valence-corrected chi connectivity index (χ4v) is 1.86. The number of carbonyl (C=O) groups excluding carboxylic acids is 2. The summed E-state index contributed by atoms with van der Waals surface area (Å²) >= 11 is 0. The number of ketones is 1. The van der Waals surface area contributed by atoms with Crippen LogP contribution in [0.2, 0.25) is 0 Å². The highest BCUT2D eigenvalue weighted by Gasteiger charge is 2.22. The molecule has 0 heterocycles. The monoisotopic (exact) mass is 325 g/mol. The van der Waals surface area contributed by atoms with Gasteiger partial charge in [0.2, 0.25) is 0 Å². The highest BCUT2D eigenvalue weighted by Crippen LogP contribution is 2.24. The van der Waals surface area contributed by atoms with Gasteiger partial charge in [0.05, 0.1) is 5.56 Å². The number of alkyl carbamates (subject to hydrolysis) is 1. The fraction of sp³-hybridized carbons (Fsp3) is 0.500. The maximum Gasteiger partial charge on any atom is 0.407 e. The van der Waals surface area contributed by atoms with Crippen molar-refractivity contribution >= 4 is 11.9 Å². The van der Waals surface area contributed by atoms with Gasteiger partial charge in [0.15, 0.2) is 5.78 Å². The number of rotatable bonds is 5. The summed E-state index contributed by atoms with van der Waals surface area (Å²) in [6, 6.07) is 3.96. The van der Waals surface area contributed by atoms with Crippen LogP contribution in [-0.2, 0) is 4.74 Å². The summed E-state index contributed by atoms with van der Waals surface area (Å²) in [5, 5.41) is 32.0. The predicted molar refractivity (Wildman–Crippen MR) is 83.3 cm³/mol. The topological polar surface area (TPSA) is 116 Å². The summed E-state index contributed by atoms with van der Waals surface area (Å²) in [6.45, 7) is 6.17. The van der Waals surface area contributed by atoms with Crippen molar-refractivity contribution in [1.29, 1.82) is 0 Å². The summed E-state index contributed by atoms with van der Waals surface area (Å²) in [7, 11) is 0. The number of aromatic hydroxyl groups is 1. The number of hydrogen-bond acceptors (Lipinski definition) is 6. The Labute approximate surface area is 134 Å². The van der Waals surface area contributed by atoms with Crippen LogP contribution in [0.5, 0.6) is 5.75 Å². The minimum Gasteiger partial charge on any atom is -0.507 e. The second kappa shape index (κ2) is 7.43. The molecule has 1 aromatic carbocycles. The van der Waals surface area contributed by atoms with E-state index in [0.717, 1.165) is 0 Å². The van der Waals surface area contributed by atoms with E-state index in [1.54, 1.807) is 20.8 Å². The molecule has 7 nitrogen and oxygen atoms in total. The lowest BCUT2D eigenvalue weighted by molar-refractivity contribution is 0.0129. The van der Waals surface area contributed by atoms with Gasteiger partial charge >= 0.3 is 6.09 Å². The van der Waals surface area contributed by atoms with Crippen LogP contribution in [0.25, 0.3) is 0 Å². The first-order chi connectivity index (χ1) is 10.5. The van der Waals surface area contributed by atoms with Gasteiger partial charge in [0.25, 0.3) is 0 Å². The largest absolute Gasteiger partial charge is 0.507 e. The van der Waals surface area contributed by atoms with Crippen molar-refractivity contribution in [2.75, 3.05) is 6.54 Å². The molecule has 4 N–H and O–H groups in total. The molecule has 0 fully saturated rings. The molecule has 0 saturated heterocycles. The molecule has 2 atom stereocenters. The van der Waals surface area contributed by atoms with Crippen LogP contribution in [0, 0.1) is 0 Å². The van der Waals surface area contributed by atoms with E-state index in [1.807, 2.05) is 0 Å². The second-order valence-electron chi connectivity index (χ2n) is 6.23. The van der Waals surface area contributed by atoms with Crippen LogP contribution in [0.3, 0.4) is 0 Å².